The third-order valence-corrected chi connectivity index (χ3v) is 5.02. The Morgan fingerprint density at radius 1 is 0.964 bits per heavy atom. The van der Waals surface area contributed by atoms with Gasteiger partial charge in [0, 0.05) is 56.3 Å². The monoisotopic (exact) mass is 383 g/mol. The summed E-state index contributed by atoms with van der Waals surface area (Å²) >= 11 is 0. The normalized spacial score (nSPS) is 16.9. The van der Waals surface area contributed by atoms with E-state index in [0.717, 1.165) is 11.4 Å². The number of urea groups is 2. The zero-order chi connectivity index (χ0) is 19.5. The molecule has 2 N–H and O–H groups in total. The SMILES string of the molecule is O=C(Nc1cccc(N2CCNC2=O)c1)N1CCN(c2ccc(F)cc2)CC1. The van der Waals surface area contributed by atoms with E-state index >= 15 is 0 Å². The zero-order valence-electron chi connectivity index (χ0n) is 15.4. The fourth-order valence-electron chi connectivity index (χ4n) is 3.49. The van der Waals surface area contributed by atoms with E-state index in [0.29, 0.717) is 45.0 Å². The summed E-state index contributed by atoms with van der Waals surface area (Å²) in [4.78, 5) is 30.0. The average molecular weight is 383 g/mol. The number of hydrogen-bond donors (Lipinski definition) is 2. The lowest BCUT2D eigenvalue weighted by atomic mass is 10.2. The highest BCUT2D eigenvalue weighted by atomic mass is 19.1. The molecule has 0 radical (unpaired) electrons. The maximum absolute atomic E-state index is 13.1. The number of carbonyl (C=O) groups is 2. The summed E-state index contributed by atoms with van der Waals surface area (Å²) < 4.78 is 13.1. The number of carbonyl (C=O) groups excluding carboxylic acids is 2. The van der Waals surface area contributed by atoms with Gasteiger partial charge in [0.1, 0.15) is 5.82 Å². The summed E-state index contributed by atoms with van der Waals surface area (Å²) in [5.41, 5.74) is 2.37. The van der Waals surface area contributed by atoms with Gasteiger partial charge in [-0.1, -0.05) is 6.07 Å². The topological polar surface area (TPSA) is 67.9 Å². The van der Waals surface area contributed by atoms with E-state index in [2.05, 4.69) is 15.5 Å². The Labute approximate surface area is 162 Å². The summed E-state index contributed by atoms with van der Waals surface area (Å²) in [6, 6.07) is 13.4. The van der Waals surface area contributed by atoms with E-state index in [9.17, 15) is 14.0 Å². The van der Waals surface area contributed by atoms with Crippen molar-refractivity contribution in [1.82, 2.24) is 10.2 Å². The maximum atomic E-state index is 13.1. The summed E-state index contributed by atoms with van der Waals surface area (Å²) in [6.45, 7) is 3.77. The molecular weight excluding hydrogens is 361 g/mol. The van der Waals surface area contributed by atoms with Crippen molar-refractivity contribution in [2.24, 2.45) is 0 Å². The molecule has 0 spiro atoms. The van der Waals surface area contributed by atoms with Crippen molar-refractivity contribution in [3.05, 3.63) is 54.3 Å². The first-order valence-corrected chi connectivity index (χ1v) is 9.32. The van der Waals surface area contributed by atoms with Crippen LogP contribution in [0.15, 0.2) is 48.5 Å². The van der Waals surface area contributed by atoms with Gasteiger partial charge in [-0.25, -0.2) is 14.0 Å². The van der Waals surface area contributed by atoms with Crippen LogP contribution in [0, 0.1) is 5.82 Å². The molecule has 0 unspecified atom stereocenters. The van der Waals surface area contributed by atoms with Crippen LogP contribution in [0.2, 0.25) is 0 Å². The highest BCUT2D eigenvalue weighted by molar-refractivity contribution is 5.95. The molecule has 28 heavy (non-hydrogen) atoms. The van der Waals surface area contributed by atoms with Gasteiger partial charge in [-0.15, -0.1) is 0 Å². The number of piperazine rings is 1. The van der Waals surface area contributed by atoms with Crippen molar-refractivity contribution >= 4 is 29.1 Å². The number of amides is 4. The molecule has 0 aliphatic carbocycles. The molecule has 8 heteroatoms. The number of hydrogen-bond acceptors (Lipinski definition) is 3. The first-order chi connectivity index (χ1) is 13.6. The van der Waals surface area contributed by atoms with Crippen molar-refractivity contribution in [1.29, 1.82) is 0 Å². The summed E-state index contributed by atoms with van der Waals surface area (Å²) in [7, 11) is 0. The Balaban J connectivity index is 1.34. The summed E-state index contributed by atoms with van der Waals surface area (Å²) in [5, 5.41) is 5.68. The van der Waals surface area contributed by atoms with Gasteiger partial charge < -0.3 is 20.4 Å². The van der Waals surface area contributed by atoms with Gasteiger partial charge in [0.05, 0.1) is 0 Å². The summed E-state index contributed by atoms with van der Waals surface area (Å²) in [6.07, 6.45) is 0. The minimum Gasteiger partial charge on any atom is -0.368 e. The first-order valence-electron chi connectivity index (χ1n) is 9.32. The van der Waals surface area contributed by atoms with E-state index < -0.39 is 0 Å². The van der Waals surface area contributed by atoms with Gasteiger partial charge in [0.25, 0.3) is 0 Å². The second-order valence-corrected chi connectivity index (χ2v) is 6.81. The molecule has 0 aromatic heterocycles. The van der Waals surface area contributed by atoms with Crippen LogP contribution >= 0.6 is 0 Å². The largest absolute Gasteiger partial charge is 0.368 e. The fraction of sp³-hybridized carbons (Fsp3) is 0.300. The molecule has 2 fully saturated rings. The third kappa shape index (κ3) is 3.85. The van der Waals surface area contributed by atoms with E-state index in [1.807, 2.05) is 18.2 Å². The molecule has 2 aromatic rings. The van der Waals surface area contributed by atoms with Gasteiger partial charge in [0.15, 0.2) is 0 Å². The fourth-order valence-corrected chi connectivity index (χ4v) is 3.49. The molecule has 2 aliphatic rings. The lowest BCUT2D eigenvalue weighted by Gasteiger charge is -2.36. The van der Waals surface area contributed by atoms with E-state index in [1.54, 1.807) is 28.0 Å². The number of halogens is 1. The molecule has 4 amide bonds. The number of anilines is 3. The van der Waals surface area contributed by atoms with Crippen LogP contribution in [0.5, 0.6) is 0 Å². The Hall–Kier alpha value is -3.29. The number of nitrogens with zero attached hydrogens (tertiary/aromatic N) is 3. The number of benzene rings is 2. The van der Waals surface area contributed by atoms with Crippen LogP contribution in [0.3, 0.4) is 0 Å². The predicted octanol–water partition coefficient (Wildman–Crippen LogP) is 2.71. The van der Waals surface area contributed by atoms with Crippen LogP contribution in [0.4, 0.5) is 31.0 Å². The van der Waals surface area contributed by atoms with Gasteiger partial charge in [-0.2, -0.15) is 0 Å². The van der Waals surface area contributed by atoms with E-state index in [-0.39, 0.29) is 17.9 Å². The van der Waals surface area contributed by atoms with Crippen LogP contribution in [0.25, 0.3) is 0 Å². The molecule has 0 saturated carbocycles. The van der Waals surface area contributed by atoms with Crippen molar-refractivity contribution < 1.29 is 14.0 Å². The van der Waals surface area contributed by atoms with E-state index in [1.165, 1.54) is 12.1 Å². The lowest BCUT2D eigenvalue weighted by molar-refractivity contribution is 0.208. The molecule has 0 bridgehead atoms. The summed E-state index contributed by atoms with van der Waals surface area (Å²) in [5.74, 6) is -0.254. The van der Waals surface area contributed by atoms with Crippen molar-refractivity contribution in [2.45, 2.75) is 0 Å². The van der Waals surface area contributed by atoms with Gasteiger partial charge in [0.2, 0.25) is 0 Å². The van der Waals surface area contributed by atoms with Crippen molar-refractivity contribution in [3.63, 3.8) is 0 Å². The third-order valence-electron chi connectivity index (χ3n) is 5.02. The number of nitrogens with one attached hydrogen (secondary N) is 2. The smallest absolute Gasteiger partial charge is 0.321 e. The zero-order valence-corrected chi connectivity index (χ0v) is 15.4. The average Bonchev–Trinajstić information content (AvgIpc) is 3.15. The van der Waals surface area contributed by atoms with Crippen LogP contribution in [-0.4, -0.2) is 56.2 Å². The standard InChI is InChI=1S/C20H22FN5O2/c21-15-4-6-17(7-5-15)24-10-12-25(13-11-24)20(28)23-16-2-1-3-18(14-16)26-9-8-22-19(26)27/h1-7,14H,8-13H2,(H,22,27)(H,23,28). The second kappa shape index (κ2) is 7.75. The maximum Gasteiger partial charge on any atom is 0.321 e. The van der Waals surface area contributed by atoms with Crippen LogP contribution in [-0.2, 0) is 0 Å². The highest BCUT2D eigenvalue weighted by Crippen LogP contribution is 2.22. The van der Waals surface area contributed by atoms with Crippen molar-refractivity contribution in [2.75, 3.05) is 54.4 Å². The predicted molar refractivity (Wildman–Crippen MR) is 106 cm³/mol. The van der Waals surface area contributed by atoms with Gasteiger partial charge >= 0.3 is 12.1 Å². The van der Waals surface area contributed by atoms with E-state index in [4.69, 9.17) is 0 Å². The molecule has 2 heterocycles. The Morgan fingerprint density at radius 3 is 2.39 bits per heavy atom. The van der Waals surface area contributed by atoms with Gasteiger partial charge in [-0.05, 0) is 42.5 Å². The molecule has 2 aromatic carbocycles. The molecular formula is C20H22FN5O2. The van der Waals surface area contributed by atoms with Gasteiger partial charge in [-0.3, -0.25) is 4.90 Å². The second-order valence-electron chi connectivity index (χ2n) is 6.81. The molecule has 2 saturated heterocycles. The Kier molecular flexibility index (Phi) is 5.01. The van der Waals surface area contributed by atoms with Crippen LogP contribution < -0.4 is 20.4 Å². The molecule has 7 nitrogen and oxygen atoms in total. The highest BCUT2D eigenvalue weighted by Gasteiger charge is 2.23. The van der Waals surface area contributed by atoms with Crippen molar-refractivity contribution in [3.8, 4) is 0 Å². The van der Waals surface area contributed by atoms with Crippen LogP contribution in [0.1, 0.15) is 0 Å². The lowest BCUT2D eigenvalue weighted by Crippen LogP contribution is -2.50. The minimum absolute atomic E-state index is 0.125. The quantitative estimate of drug-likeness (QED) is 0.856. The minimum atomic E-state index is -0.254. The Bertz CT molecular complexity index is 865. The number of rotatable bonds is 3. The molecule has 4 rings (SSSR count). The molecule has 146 valence electrons. The molecule has 2 aliphatic heterocycles. The Morgan fingerprint density at radius 2 is 1.71 bits per heavy atom. The molecule has 0 atom stereocenters. The first kappa shape index (κ1) is 18.1.